The third kappa shape index (κ3) is 4.05. The van der Waals surface area contributed by atoms with E-state index in [9.17, 15) is 9.90 Å². The van der Waals surface area contributed by atoms with Gasteiger partial charge in [-0.2, -0.15) is 0 Å². The summed E-state index contributed by atoms with van der Waals surface area (Å²) < 4.78 is 0. The maximum atomic E-state index is 10.6. The van der Waals surface area contributed by atoms with Gasteiger partial charge in [-0.15, -0.1) is 0 Å². The van der Waals surface area contributed by atoms with Crippen LogP contribution in [-0.4, -0.2) is 29.3 Å². The Kier molecular flexibility index (Phi) is 5.15. The Morgan fingerprint density at radius 2 is 1.75 bits per heavy atom. The third-order valence-corrected chi connectivity index (χ3v) is 4.21. The first-order valence-corrected chi connectivity index (χ1v) is 7.25. The summed E-state index contributed by atoms with van der Waals surface area (Å²) in [5, 5.41) is 21.7. The molecule has 3 N–H and O–H groups in total. The lowest BCUT2D eigenvalue weighted by Gasteiger charge is -2.26. The van der Waals surface area contributed by atoms with Crippen molar-refractivity contribution in [1.29, 1.82) is 0 Å². The number of nitrogens with one attached hydrogen (secondary N) is 1. The van der Waals surface area contributed by atoms with E-state index in [1.54, 1.807) is 0 Å². The van der Waals surface area contributed by atoms with E-state index >= 15 is 0 Å². The van der Waals surface area contributed by atoms with E-state index in [0.717, 1.165) is 37.1 Å². The second-order valence-corrected chi connectivity index (χ2v) is 5.86. The fourth-order valence-electron chi connectivity index (χ4n) is 2.94. The molecule has 1 aliphatic carbocycles. The molecule has 0 unspecified atom stereocenters. The summed E-state index contributed by atoms with van der Waals surface area (Å²) >= 11 is 0. The van der Waals surface area contributed by atoms with E-state index in [4.69, 9.17) is 5.11 Å². The summed E-state index contributed by atoms with van der Waals surface area (Å²) in [5.41, 5.74) is 2.04. The maximum absolute atomic E-state index is 10.6. The highest BCUT2D eigenvalue weighted by Gasteiger charge is 2.32. The van der Waals surface area contributed by atoms with Gasteiger partial charge in [0.1, 0.15) is 0 Å². The van der Waals surface area contributed by atoms with Crippen molar-refractivity contribution in [2.24, 2.45) is 5.41 Å². The van der Waals surface area contributed by atoms with Crippen LogP contribution >= 0.6 is 0 Å². The van der Waals surface area contributed by atoms with E-state index in [1.807, 2.05) is 24.3 Å². The number of aliphatic carboxylic acids is 1. The van der Waals surface area contributed by atoms with Crippen molar-refractivity contribution in [3.05, 3.63) is 35.4 Å². The van der Waals surface area contributed by atoms with Crippen LogP contribution in [0.15, 0.2) is 24.3 Å². The van der Waals surface area contributed by atoms with Crippen molar-refractivity contribution in [2.75, 3.05) is 13.2 Å². The average Bonchev–Trinajstić information content (AvgIpc) is 2.90. The first-order chi connectivity index (χ1) is 9.63. The van der Waals surface area contributed by atoms with Crippen LogP contribution in [0.5, 0.6) is 0 Å². The highest BCUT2D eigenvalue weighted by molar-refractivity contribution is 5.70. The topological polar surface area (TPSA) is 69.6 Å². The lowest BCUT2D eigenvalue weighted by molar-refractivity contribution is -0.136. The van der Waals surface area contributed by atoms with Crippen LogP contribution in [0.2, 0.25) is 0 Å². The van der Waals surface area contributed by atoms with Crippen molar-refractivity contribution in [3.8, 4) is 0 Å². The van der Waals surface area contributed by atoms with Crippen LogP contribution in [0.1, 0.15) is 36.8 Å². The van der Waals surface area contributed by atoms with Crippen LogP contribution in [0.3, 0.4) is 0 Å². The van der Waals surface area contributed by atoms with E-state index < -0.39 is 5.97 Å². The Hall–Kier alpha value is -1.39. The molecule has 20 heavy (non-hydrogen) atoms. The lowest BCUT2D eigenvalue weighted by atomic mass is 9.87. The Labute approximate surface area is 119 Å². The standard InChI is InChI=1S/C16H23NO3/c18-12-16(7-1-2-8-16)11-17-10-14-5-3-13(4-6-14)9-15(19)20/h3-6,17-18H,1-2,7-12H2,(H,19,20). The largest absolute Gasteiger partial charge is 0.481 e. The second kappa shape index (κ2) is 6.86. The zero-order valence-corrected chi connectivity index (χ0v) is 11.8. The molecule has 0 bridgehead atoms. The Bertz CT molecular complexity index is 436. The fourth-order valence-corrected chi connectivity index (χ4v) is 2.94. The monoisotopic (exact) mass is 277 g/mol. The molecule has 0 spiro atoms. The minimum absolute atomic E-state index is 0.0708. The predicted octanol–water partition coefficient (Wildman–Crippen LogP) is 1.96. The van der Waals surface area contributed by atoms with Gasteiger partial charge in [-0.1, -0.05) is 37.1 Å². The van der Waals surface area contributed by atoms with Gasteiger partial charge in [0.25, 0.3) is 0 Å². The smallest absolute Gasteiger partial charge is 0.307 e. The van der Waals surface area contributed by atoms with Gasteiger partial charge in [-0.3, -0.25) is 4.79 Å². The van der Waals surface area contributed by atoms with E-state index in [0.29, 0.717) is 0 Å². The van der Waals surface area contributed by atoms with Gasteiger partial charge >= 0.3 is 5.97 Å². The number of carbonyl (C=O) groups is 1. The van der Waals surface area contributed by atoms with E-state index in [-0.39, 0.29) is 18.4 Å². The molecule has 2 rings (SSSR count). The molecule has 0 radical (unpaired) electrons. The third-order valence-electron chi connectivity index (χ3n) is 4.21. The minimum atomic E-state index is -0.804. The molecule has 1 saturated carbocycles. The summed E-state index contributed by atoms with van der Waals surface area (Å²) in [5.74, 6) is -0.804. The second-order valence-electron chi connectivity index (χ2n) is 5.86. The highest BCUT2D eigenvalue weighted by atomic mass is 16.4. The first-order valence-electron chi connectivity index (χ1n) is 7.25. The van der Waals surface area contributed by atoms with Gasteiger partial charge in [0.05, 0.1) is 6.42 Å². The molecule has 4 heteroatoms. The van der Waals surface area contributed by atoms with Crippen LogP contribution in [-0.2, 0) is 17.8 Å². The number of benzene rings is 1. The van der Waals surface area contributed by atoms with E-state index in [1.165, 1.54) is 12.8 Å². The van der Waals surface area contributed by atoms with Gasteiger partial charge in [0.15, 0.2) is 0 Å². The first kappa shape index (κ1) is 15.0. The van der Waals surface area contributed by atoms with Crippen LogP contribution in [0.4, 0.5) is 0 Å². The predicted molar refractivity (Wildman–Crippen MR) is 77.5 cm³/mol. The Balaban J connectivity index is 1.80. The van der Waals surface area contributed by atoms with E-state index in [2.05, 4.69) is 5.32 Å². The molecule has 1 fully saturated rings. The molecule has 0 amide bonds. The molecular formula is C16H23NO3. The number of carboxylic acid groups (broad SMARTS) is 1. The van der Waals surface area contributed by atoms with Crippen molar-refractivity contribution >= 4 is 5.97 Å². The van der Waals surface area contributed by atoms with Gasteiger partial charge in [-0.05, 0) is 24.0 Å². The van der Waals surface area contributed by atoms with Crippen LogP contribution in [0, 0.1) is 5.41 Å². The van der Waals surface area contributed by atoms with Crippen molar-refractivity contribution in [3.63, 3.8) is 0 Å². The Morgan fingerprint density at radius 3 is 2.30 bits per heavy atom. The molecule has 0 saturated heterocycles. The number of hydrogen-bond donors (Lipinski definition) is 3. The Morgan fingerprint density at radius 1 is 1.15 bits per heavy atom. The number of hydrogen-bond acceptors (Lipinski definition) is 3. The average molecular weight is 277 g/mol. The SMILES string of the molecule is O=C(O)Cc1ccc(CNCC2(CO)CCCC2)cc1. The minimum Gasteiger partial charge on any atom is -0.481 e. The molecule has 0 atom stereocenters. The molecular weight excluding hydrogens is 254 g/mol. The normalized spacial score (nSPS) is 17.2. The maximum Gasteiger partial charge on any atom is 0.307 e. The number of carboxylic acids is 1. The summed E-state index contributed by atoms with van der Waals surface area (Å²) in [6.45, 7) is 1.87. The summed E-state index contributed by atoms with van der Waals surface area (Å²) in [7, 11) is 0. The van der Waals surface area contributed by atoms with Crippen molar-refractivity contribution in [2.45, 2.75) is 38.6 Å². The van der Waals surface area contributed by atoms with Crippen LogP contribution in [0.25, 0.3) is 0 Å². The van der Waals surface area contributed by atoms with Crippen LogP contribution < -0.4 is 5.32 Å². The molecule has 0 aliphatic heterocycles. The molecule has 0 heterocycles. The van der Waals surface area contributed by atoms with Crippen molar-refractivity contribution < 1.29 is 15.0 Å². The number of aliphatic hydroxyl groups excluding tert-OH is 1. The molecule has 110 valence electrons. The van der Waals surface area contributed by atoms with Gasteiger partial charge in [0, 0.05) is 25.1 Å². The van der Waals surface area contributed by atoms with Gasteiger partial charge in [-0.25, -0.2) is 0 Å². The molecule has 1 aromatic rings. The van der Waals surface area contributed by atoms with Crippen molar-refractivity contribution in [1.82, 2.24) is 5.32 Å². The quantitative estimate of drug-likeness (QED) is 0.712. The molecule has 4 nitrogen and oxygen atoms in total. The summed E-state index contributed by atoms with van der Waals surface area (Å²) in [4.78, 5) is 10.6. The summed E-state index contributed by atoms with van der Waals surface area (Å²) in [6, 6.07) is 7.65. The molecule has 1 aliphatic rings. The fraction of sp³-hybridized carbons (Fsp3) is 0.562. The zero-order valence-electron chi connectivity index (χ0n) is 11.8. The van der Waals surface area contributed by atoms with Gasteiger partial charge in [0.2, 0.25) is 0 Å². The lowest BCUT2D eigenvalue weighted by Crippen LogP contribution is -2.34. The summed E-state index contributed by atoms with van der Waals surface area (Å²) in [6.07, 6.45) is 4.71. The molecule has 0 aromatic heterocycles. The van der Waals surface area contributed by atoms with Gasteiger partial charge < -0.3 is 15.5 Å². The molecule has 1 aromatic carbocycles. The highest BCUT2D eigenvalue weighted by Crippen LogP contribution is 2.36. The number of rotatable bonds is 7. The number of aliphatic hydroxyl groups is 1. The zero-order chi connectivity index (χ0) is 14.4.